The quantitative estimate of drug-likeness (QED) is 0.246. The number of esters is 4. The van der Waals surface area contributed by atoms with Gasteiger partial charge in [-0.2, -0.15) is 0 Å². The van der Waals surface area contributed by atoms with Gasteiger partial charge >= 0.3 is 23.9 Å². The van der Waals surface area contributed by atoms with E-state index >= 15 is 4.79 Å². The summed E-state index contributed by atoms with van der Waals surface area (Å²) < 4.78 is 36.7. The summed E-state index contributed by atoms with van der Waals surface area (Å²) in [4.78, 5) is 67.7. The number of carbonyl (C=O) groups excluding carboxylic acids is 5. The van der Waals surface area contributed by atoms with Crippen molar-refractivity contribution in [1.82, 2.24) is 0 Å². The van der Waals surface area contributed by atoms with Gasteiger partial charge in [-0.25, -0.2) is 4.79 Å². The van der Waals surface area contributed by atoms with Gasteiger partial charge in [-0.05, 0) is 43.9 Å². The Morgan fingerprint density at radius 2 is 1.48 bits per heavy atom. The maximum atomic E-state index is 15.3. The Morgan fingerprint density at radius 3 is 2.08 bits per heavy atom. The van der Waals surface area contributed by atoms with E-state index < -0.39 is 135 Å². The summed E-state index contributed by atoms with van der Waals surface area (Å²) in [5.74, 6) is -10.0. The van der Waals surface area contributed by atoms with E-state index in [1.54, 1.807) is 20.8 Å². The van der Waals surface area contributed by atoms with Gasteiger partial charge < -0.3 is 38.6 Å². The minimum Gasteiger partial charge on any atom is -0.462 e. The zero-order valence-corrected chi connectivity index (χ0v) is 30.3. The molecule has 8 fully saturated rings. The van der Waals surface area contributed by atoms with Crippen LogP contribution in [0.1, 0.15) is 75.7 Å². The Balaban J connectivity index is 1.35. The molecule has 0 aromatic rings. The van der Waals surface area contributed by atoms with Gasteiger partial charge in [0, 0.05) is 48.3 Å². The molecule has 0 bridgehead atoms. The lowest BCUT2D eigenvalue weighted by molar-refractivity contribution is -0.249. The van der Waals surface area contributed by atoms with Gasteiger partial charge in [0.15, 0.2) is 17.5 Å². The predicted octanol–water partition coefficient (Wildman–Crippen LogP) is 1.96. The molecule has 0 amide bonds. The highest BCUT2D eigenvalue weighted by molar-refractivity contribution is 5.91. The van der Waals surface area contributed by atoms with Crippen LogP contribution in [0.3, 0.4) is 0 Å². The molecule has 20 atom stereocenters. The molecule has 13 heteroatoms. The highest BCUT2D eigenvalue weighted by Gasteiger charge is 2.93. The maximum Gasteiger partial charge on any atom is 0.341 e. The first-order chi connectivity index (χ1) is 23.1. The second kappa shape index (κ2) is 10.1. The van der Waals surface area contributed by atoms with Gasteiger partial charge in [0.05, 0.1) is 23.5 Å². The summed E-state index contributed by atoms with van der Waals surface area (Å²) in [7, 11) is 0. The van der Waals surface area contributed by atoms with Crippen LogP contribution < -0.4 is 0 Å². The molecular formula is C37H50O13. The molecule has 5 saturated carbocycles. The largest absolute Gasteiger partial charge is 0.462 e. The highest BCUT2D eigenvalue weighted by atomic mass is 16.8. The van der Waals surface area contributed by atoms with Gasteiger partial charge in [0.2, 0.25) is 5.79 Å². The number of ether oxygens (including phenoxy) is 6. The standard InChI is InChI=1S/C37H50O13/c1-12(2)31(42)48-26-17-11-18-27(47-18)30(46-16(6)39)33(17,7)20-13(3)28(45-15(5)38)34(8)21-14(4)29-37(49-29)35(9,36(10,44)32(43)50-37)23(21)25(41)22(34)19(20)24(26)40/h12-14,17-23,25-30,41,44H,11H2,1-10H3/t13-,14-,17+,18-,19+,20-,21-,22+,23-,25+,26?,27-,28-,29+,30-,33-,34+,35-,36+,37-/m0/s1. The number of Topliss-reactive ketones (excluding diaryl/α,β-unsaturated/α-hetero) is 1. The van der Waals surface area contributed by atoms with Gasteiger partial charge in [-0.3, -0.25) is 19.2 Å². The first kappa shape index (κ1) is 34.5. The topological polar surface area (TPSA) is 188 Å². The van der Waals surface area contributed by atoms with Crippen LogP contribution in [-0.2, 0) is 52.4 Å². The third-order valence-electron chi connectivity index (χ3n) is 15.5. The number of ketones is 1. The zero-order chi connectivity index (χ0) is 36.6. The van der Waals surface area contributed by atoms with Crippen LogP contribution in [0.25, 0.3) is 0 Å². The third kappa shape index (κ3) is 3.70. The molecule has 3 aliphatic heterocycles. The van der Waals surface area contributed by atoms with Gasteiger partial charge in [-0.1, -0.05) is 41.5 Å². The third-order valence-corrected chi connectivity index (χ3v) is 15.5. The molecule has 1 spiro atoms. The molecule has 3 saturated heterocycles. The summed E-state index contributed by atoms with van der Waals surface area (Å²) in [5, 5.41) is 24.9. The van der Waals surface area contributed by atoms with Crippen molar-refractivity contribution >= 4 is 29.7 Å². The van der Waals surface area contributed by atoms with Crippen molar-refractivity contribution in [1.29, 1.82) is 0 Å². The molecular weight excluding hydrogens is 652 g/mol. The van der Waals surface area contributed by atoms with Gasteiger partial charge in [0.1, 0.15) is 24.4 Å². The van der Waals surface area contributed by atoms with E-state index in [1.807, 2.05) is 27.7 Å². The van der Waals surface area contributed by atoms with Crippen LogP contribution in [0.5, 0.6) is 0 Å². The van der Waals surface area contributed by atoms with Crippen molar-refractivity contribution in [3.63, 3.8) is 0 Å². The second-order valence-electron chi connectivity index (χ2n) is 17.9. The first-order valence-electron chi connectivity index (χ1n) is 18.2. The lowest BCUT2D eigenvalue weighted by atomic mass is 9.39. The van der Waals surface area contributed by atoms with E-state index in [9.17, 15) is 29.4 Å². The summed E-state index contributed by atoms with van der Waals surface area (Å²) in [6.45, 7) is 16.9. The van der Waals surface area contributed by atoms with Crippen molar-refractivity contribution in [2.45, 2.75) is 130 Å². The fourth-order valence-electron chi connectivity index (χ4n) is 13.5. The molecule has 276 valence electrons. The lowest BCUT2D eigenvalue weighted by Gasteiger charge is -2.65. The number of carbonyl (C=O) groups is 5. The number of fused-ring (bicyclic) bond motifs is 9. The van der Waals surface area contributed by atoms with Crippen molar-refractivity contribution in [3.05, 3.63) is 0 Å². The molecule has 5 aliphatic carbocycles. The molecule has 1 unspecified atom stereocenters. The molecule has 0 aromatic carbocycles. The molecule has 0 aromatic heterocycles. The minimum atomic E-state index is -2.05. The number of hydrogen-bond donors (Lipinski definition) is 2. The summed E-state index contributed by atoms with van der Waals surface area (Å²) in [5.41, 5.74) is -5.60. The average molecular weight is 703 g/mol. The van der Waals surface area contributed by atoms with E-state index in [-0.39, 0.29) is 17.8 Å². The fourth-order valence-corrected chi connectivity index (χ4v) is 13.5. The number of aliphatic hydroxyl groups excluding tert-OH is 1. The molecule has 8 aliphatic rings. The SMILES string of the molecule is CC(=O)O[C@H]1[C@@H](C)[C@H]2[C@@H](C(=O)C(OC(=O)C(C)C)[C@H]3C[C@@H]4O[C@@H]4[C@H](OC(C)=O)[C@]23C)[C@@H]2[C@@H](O)[C@@H]3[C@H]([C@H](C)[C@H]4O[C@]45OC(=O)[C@@](C)(O)[C@]35C)[C@]21C. The van der Waals surface area contributed by atoms with Crippen LogP contribution >= 0.6 is 0 Å². The zero-order valence-electron chi connectivity index (χ0n) is 30.3. The lowest BCUT2D eigenvalue weighted by Crippen LogP contribution is -2.72. The van der Waals surface area contributed by atoms with Crippen LogP contribution in [0.4, 0.5) is 0 Å². The van der Waals surface area contributed by atoms with Crippen molar-refractivity contribution in [3.8, 4) is 0 Å². The van der Waals surface area contributed by atoms with Gasteiger partial charge in [-0.15, -0.1) is 0 Å². The molecule has 0 radical (unpaired) electrons. The van der Waals surface area contributed by atoms with E-state index in [1.165, 1.54) is 20.8 Å². The van der Waals surface area contributed by atoms with E-state index in [2.05, 4.69) is 0 Å². The van der Waals surface area contributed by atoms with Crippen molar-refractivity contribution < 1.29 is 62.6 Å². The molecule has 3 heterocycles. The monoisotopic (exact) mass is 702 g/mol. The molecule has 50 heavy (non-hydrogen) atoms. The Labute approximate surface area is 291 Å². The highest BCUT2D eigenvalue weighted by Crippen LogP contribution is 2.81. The molecule has 8 rings (SSSR count). The Kier molecular flexibility index (Phi) is 6.95. The normalized spacial score (nSPS) is 57.8. The van der Waals surface area contributed by atoms with Crippen LogP contribution in [-0.4, -0.2) is 94.0 Å². The number of epoxide rings is 2. The first-order valence-corrected chi connectivity index (χ1v) is 18.2. The minimum absolute atomic E-state index is 0.291. The Hall–Kier alpha value is -2.61. The maximum absolute atomic E-state index is 15.3. The van der Waals surface area contributed by atoms with E-state index in [4.69, 9.17) is 28.4 Å². The van der Waals surface area contributed by atoms with Crippen LogP contribution in [0.15, 0.2) is 0 Å². The van der Waals surface area contributed by atoms with Gasteiger partial charge in [0.25, 0.3) is 0 Å². The van der Waals surface area contributed by atoms with Crippen LogP contribution in [0, 0.1) is 69.5 Å². The molecule has 2 N–H and O–H groups in total. The average Bonchev–Trinajstić information content (AvgIpc) is 3.92. The van der Waals surface area contributed by atoms with Crippen molar-refractivity contribution in [2.75, 3.05) is 0 Å². The van der Waals surface area contributed by atoms with E-state index in [0.29, 0.717) is 6.42 Å². The Morgan fingerprint density at radius 1 is 0.860 bits per heavy atom. The summed E-state index contributed by atoms with van der Waals surface area (Å²) >= 11 is 0. The summed E-state index contributed by atoms with van der Waals surface area (Å²) in [6, 6.07) is 0. The Bertz CT molecular complexity index is 1590. The van der Waals surface area contributed by atoms with Crippen LogP contribution in [0.2, 0.25) is 0 Å². The number of aliphatic hydroxyl groups is 2. The van der Waals surface area contributed by atoms with E-state index in [0.717, 1.165) is 0 Å². The number of rotatable bonds is 4. The number of hydrogen-bond acceptors (Lipinski definition) is 13. The van der Waals surface area contributed by atoms with Crippen molar-refractivity contribution in [2.24, 2.45) is 69.5 Å². The second-order valence-corrected chi connectivity index (χ2v) is 17.9. The predicted molar refractivity (Wildman–Crippen MR) is 168 cm³/mol. The summed E-state index contributed by atoms with van der Waals surface area (Å²) in [6.07, 6.45) is -5.11. The molecule has 13 nitrogen and oxygen atoms in total. The smallest absolute Gasteiger partial charge is 0.341 e. The fraction of sp³-hybridized carbons (Fsp3) is 0.865.